The maximum Gasteiger partial charge on any atom is 0.187 e. The topological polar surface area (TPSA) is 84.4 Å². The highest BCUT2D eigenvalue weighted by Gasteiger charge is 2.17. The molecule has 104 valence electrons. The summed E-state index contributed by atoms with van der Waals surface area (Å²) in [6.45, 7) is 1.94. The van der Waals surface area contributed by atoms with E-state index in [1.54, 1.807) is 12.4 Å². The predicted molar refractivity (Wildman–Crippen MR) is 80.1 cm³/mol. The standard InChI is InChI=1S/C14H16N4OS/c1-10-7-16-14(17-8-10)20-9-12(13(15)18-19)11-5-3-2-4-6-11/h2-8,12,19H,9H2,1H3,(H2,15,18). The van der Waals surface area contributed by atoms with Crippen LogP contribution in [0.5, 0.6) is 0 Å². The molecule has 20 heavy (non-hydrogen) atoms. The van der Waals surface area contributed by atoms with Gasteiger partial charge in [-0.25, -0.2) is 9.97 Å². The Labute approximate surface area is 121 Å². The number of thioether (sulfide) groups is 1. The summed E-state index contributed by atoms with van der Waals surface area (Å²) in [5, 5.41) is 12.7. The van der Waals surface area contributed by atoms with Crippen LogP contribution in [-0.2, 0) is 0 Å². The van der Waals surface area contributed by atoms with Gasteiger partial charge in [-0.1, -0.05) is 47.2 Å². The van der Waals surface area contributed by atoms with Gasteiger partial charge in [0, 0.05) is 18.1 Å². The molecule has 1 aromatic heterocycles. The number of aryl methyl sites for hydroxylation is 1. The van der Waals surface area contributed by atoms with Crippen LogP contribution >= 0.6 is 11.8 Å². The molecule has 0 saturated carbocycles. The van der Waals surface area contributed by atoms with E-state index >= 15 is 0 Å². The van der Waals surface area contributed by atoms with E-state index in [1.807, 2.05) is 37.3 Å². The molecule has 1 aromatic carbocycles. The van der Waals surface area contributed by atoms with Crippen LogP contribution in [0.3, 0.4) is 0 Å². The summed E-state index contributed by atoms with van der Waals surface area (Å²) in [6, 6.07) is 9.71. The molecule has 0 radical (unpaired) electrons. The van der Waals surface area contributed by atoms with Crippen molar-refractivity contribution in [3.05, 3.63) is 53.9 Å². The van der Waals surface area contributed by atoms with E-state index < -0.39 is 0 Å². The molecule has 5 nitrogen and oxygen atoms in total. The number of amidine groups is 1. The van der Waals surface area contributed by atoms with Gasteiger partial charge in [-0.3, -0.25) is 0 Å². The van der Waals surface area contributed by atoms with Gasteiger partial charge in [-0.15, -0.1) is 0 Å². The van der Waals surface area contributed by atoms with Gasteiger partial charge in [0.25, 0.3) is 0 Å². The second-order valence-corrected chi connectivity index (χ2v) is 5.33. The lowest BCUT2D eigenvalue weighted by Crippen LogP contribution is -2.24. The summed E-state index contributed by atoms with van der Waals surface area (Å²) >= 11 is 1.48. The molecule has 0 saturated heterocycles. The lowest BCUT2D eigenvalue weighted by atomic mass is 10.0. The Kier molecular flexibility index (Phi) is 4.95. The first kappa shape index (κ1) is 14.3. The molecule has 0 amide bonds. The predicted octanol–water partition coefficient (Wildman–Crippen LogP) is 2.41. The van der Waals surface area contributed by atoms with E-state index in [2.05, 4.69) is 15.1 Å². The summed E-state index contributed by atoms with van der Waals surface area (Å²) in [5.74, 6) is 0.634. The zero-order valence-corrected chi connectivity index (χ0v) is 11.9. The number of aromatic nitrogens is 2. The second kappa shape index (κ2) is 6.91. The van der Waals surface area contributed by atoms with Crippen LogP contribution in [0.2, 0.25) is 0 Å². The van der Waals surface area contributed by atoms with Crippen LogP contribution < -0.4 is 5.73 Å². The molecule has 1 atom stereocenters. The summed E-state index contributed by atoms with van der Waals surface area (Å²) in [7, 11) is 0. The minimum atomic E-state index is -0.170. The molecule has 1 heterocycles. The van der Waals surface area contributed by atoms with Crippen molar-refractivity contribution in [2.45, 2.75) is 18.0 Å². The second-order valence-electron chi connectivity index (χ2n) is 4.34. The molecule has 6 heteroatoms. The summed E-state index contributed by atoms with van der Waals surface area (Å²) < 4.78 is 0. The molecule has 1 unspecified atom stereocenters. The fourth-order valence-electron chi connectivity index (χ4n) is 1.72. The lowest BCUT2D eigenvalue weighted by Gasteiger charge is -2.14. The van der Waals surface area contributed by atoms with Crippen molar-refractivity contribution in [1.82, 2.24) is 9.97 Å². The Balaban J connectivity index is 2.11. The first-order chi connectivity index (χ1) is 9.70. The third kappa shape index (κ3) is 3.71. The molecule has 2 aromatic rings. The molecular formula is C14H16N4OS. The summed E-state index contributed by atoms with van der Waals surface area (Å²) in [4.78, 5) is 8.48. The van der Waals surface area contributed by atoms with Crippen LogP contribution in [0.15, 0.2) is 53.0 Å². The van der Waals surface area contributed by atoms with E-state index in [1.165, 1.54) is 11.8 Å². The number of nitrogens with zero attached hydrogens (tertiary/aromatic N) is 3. The zero-order chi connectivity index (χ0) is 14.4. The lowest BCUT2D eigenvalue weighted by molar-refractivity contribution is 0.316. The van der Waals surface area contributed by atoms with Gasteiger partial charge in [0.15, 0.2) is 5.16 Å². The highest BCUT2D eigenvalue weighted by Crippen LogP contribution is 2.24. The molecular weight excluding hydrogens is 272 g/mol. The Morgan fingerprint density at radius 1 is 1.30 bits per heavy atom. The van der Waals surface area contributed by atoms with Gasteiger partial charge in [0.05, 0.1) is 5.92 Å². The van der Waals surface area contributed by atoms with Crippen molar-refractivity contribution in [3.8, 4) is 0 Å². The molecule has 3 N–H and O–H groups in total. The molecule has 0 fully saturated rings. The van der Waals surface area contributed by atoms with Gasteiger partial charge in [-0.2, -0.15) is 0 Å². The number of rotatable bonds is 5. The highest BCUT2D eigenvalue weighted by atomic mass is 32.2. The fraction of sp³-hybridized carbons (Fsp3) is 0.214. The van der Waals surface area contributed by atoms with Gasteiger partial charge in [0.2, 0.25) is 0 Å². The van der Waals surface area contributed by atoms with Crippen molar-refractivity contribution in [3.63, 3.8) is 0 Å². The Morgan fingerprint density at radius 2 is 1.95 bits per heavy atom. The Hall–Kier alpha value is -2.08. The quantitative estimate of drug-likeness (QED) is 0.220. The van der Waals surface area contributed by atoms with Gasteiger partial charge in [0.1, 0.15) is 5.84 Å². The van der Waals surface area contributed by atoms with E-state index in [0.29, 0.717) is 10.9 Å². The van der Waals surface area contributed by atoms with E-state index in [-0.39, 0.29) is 11.8 Å². The molecule has 0 bridgehead atoms. The first-order valence-corrected chi connectivity index (χ1v) is 7.13. The van der Waals surface area contributed by atoms with E-state index in [9.17, 15) is 0 Å². The van der Waals surface area contributed by atoms with Gasteiger partial charge < -0.3 is 10.9 Å². The molecule has 2 rings (SSSR count). The van der Waals surface area contributed by atoms with Crippen LogP contribution in [0.4, 0.5) is 0 Å². The van der Waals surface area contributed by atoms with Gasteiger partial charge in [-0.05, 0) is 18.1 Å². The van der Waals surface area contributed by atoms with Crippen molar-refractivity contribution in [2.24, 2.45) is 10.9 Å². The van der Waals surface area contributed by atoms with Crippen LogP contribution in [0, 0.1) is 6.92 Å². The molecule has 0 spiro atoms. The van der Waals surface area contributed by atoms with Gasteiger partial charge >= 0.3 is 0 Å². The van der Waals surface area contributed by atoms with Crippen molar-refractivity contribution in [2.75, 3.05) is 5.75 Å². The largest absolute Gasteiger partial charge is 0.409 e. The third-order valence-corrected chi connectivity index (χ3v) is 3.78. The van der Waals surface area contributed by atoms with E-state index in [4.69, 9.17) is 10.9 Å². The number of nitrogens with two attached hydrogens (primary N) is 1. The molecule has 0 aliphatic rings. The SMILES string of the molecule is Cc1cnc(SCC(C(N)=NO)c2ccccc2)nc1. The minimum absolute atomic E-state index is 0.170. The number of hydrogen-bond donors (Lipinski definition) is 2. The summed E-state index contributed by atoms with van der Waals surface area (Å²) in [6.07, 6.45) is 3.55. The van der Waals surface area contributed by atoms with Crippen LogP contribution in [0.1, 0.15) is 17.0 Å². The minimum Gasteiger partial charge on any atom is -0.409 e. The van der Waals surface area contributed by atoms with E-state index in [0.717, 1.165) is 11.1 Å². The number of benzene rings is 1. The highest BCUT2D eigenvalue weighted by molar-refractivity contribution is 7.99. The van der Waals surface area contributed by atoms with Crippen molar-refractivity contribution in [1.29, 1.82) is 0 Å². The maximum atomic E-state index is 8.92. The average Bonchev–Trinajstić information content (AvgIpc) is 2.50. The van der Waals surface area contributed by atoms with Crippen LogP contribution in [-0.4, -0.2) is 26.8 Å². The maximum absolute atomic E-state index is 8.92. The average molecular weight is 288 g/mol. The third-order valence-electron chi connectivity index (χ3n) is 2.81. The molecule has 0 aliphatic heterocycles. The Morgan fingerprint density at radius 3 is 2.55 bits per heavy atom. The van der Waals surface area contributed by atoms with Crippen LogP contribution in [0.25, 0.3) is 0 Å². The first-order valence-electron chi connectivity index (χ1n) is 6.14. The summed E-state index contributed by atoms with van der Waals surface area (Å²) in [5.41, 5.74) is 7.80. The smallest absolute Gasteiger partial charge is 0.187 e. The normalized spacial score (nSPS) is 13.2. The molecule has 0 aliphatic carbocycles. The zero-order valence-electron chi connectivity index (χ0n) is 11.1. The fourth-order valence-corrected chi connectivity index (χ4v) is 2.65. The number of hydrogen-bond acceptors (Lipinski definition) is 5. The monoisotopic (exact) mass is 288 g/mol. The van der Waals surface area contributed by atoms with Crippen molar-refractivity contribution < 1.29 is 5.21 Å². The van der Waals surface area contributed by atoms with Crippen molar-refractivity contribution >= 4 is 17.6 Å². The Bertz CT molecular complexity index is 571. The number of oxime groups is 1.